The molecule has 142 valence electrons. The van der Waals surface area contributed by atoms with Crippen LogP contribution < -0.4 is 0 Å². The summed E-state index contributed by atoms with van der Waals surface area (Å²) < 4.78 is 38.0. The number of aromatic nitrogens is 2. The van der Waals surface area contributed by atoms with E-state index in [0.29, 0.717) is 34.6 Å². The highest BCUT2D eigenvalue weighted by Crippen LogP contribution is 2.30. The third kappa shape index (κ3) is 3.17. The third-order valence-corrected chi connectivity index (χ3v) is 4.60. The van der Waals surface area contributed by atoms with Crippen LogP contribution in [0.3, 0.4) is 0 Å². The van der Waals surface area contributed by atoms with Gasteiger partial charge in [0.05, 0.1) is 16.7 Å². The number of nitrogens with zero attached hydrogens (tertiary/aromatic N) is 2. The monoisotopic (exact) mass is 385 g/mol. The number of aromatic amines is 1. The fourth-order valence-corrected chi connectivity index (χ4v) is 3.12. The van der Waals surface area contributed by atoms with Crippen molar-refractivity contribution in [1.29, 1.82) is 0 Å². The van der Waals surface area contributed by atoms with E-state index < -0.39 is 11.7 Å². The Morgan fingerprint density at radius 3 is 2.11 bits per heavy atom. The van der Waals surface area contributed by atoms with Gasteiger partial charge in [-0.3, -0.25) is 14.5 Å². The van der Waals surface area contributed by atoms with Crippen LogP contribution in [-0.2, 0) is 12.6 Å². The Kier molecular flexibility index (Phi) is 4.26. The van der Waals surface area contributed by atoms with Gasteiger partial charge >= 0.3 is 6.18 Å². The summed E-state index contributed by atoms with van der Waals surface area (Å²) in [6.07, 6.45) is -2.48. The van der Waals surface area contributed by atoms with E-state index in [0.717, 1.165) is 12.1 Å². The predicted molar refractivity (Wildman–Crippen MR) is 94.5 cm³/mol. The van der Waals surface area contributed by atoms with Gasteiger partial charge < -0.3 is 4.98 Å². The molecule has 0 atom stereocenters. The topological polar surface area (TPSA) is 66.1 Å². The molecule has 1 N–H and O–H groups in total. The molecular formula is C20H14F3N3O2. The number of alkyl halides is 3. The minimum absolute atomic E-state index is 0.182. The first-order valence-corrected chi connectivity index (χ1v) is 8.51. The van der Waals surface area contributed by atoms with Gasteiger partial charge in [0.1, 0.15) is 5.82 Å². The van der Waals surface area contributed by atoms with Crippen LogP contribution in [0.25, 0.3) is 11.4 Å². The molecular weight excluding hydrogens is 371 g/mol. The second-order valence-electron chi connectivity index (χ2n) is 6.39. The van der Waals surface area contributed by atoms with Crippen molar-refractivity contribution in [2.45, 2.75) is 12.6 Å². The van der Waals surface area contributed by atoms with E-state index in [-0.39, 0.29) is 18.4 Å². The Hall–Kier alpha value is -3.42. The number of amides is 2. The summed E-state index contributed by atoms with van der Waals surface area (Å²) in [5.74, 6) is -0.239. The standard InChI is InChI=1S/C20H14F3N3O2/c21-20(22,23)13-7-5-12(6-8-13)17-24-11-14(25-17)9-10-26-18(27)15-3-1-2-4-16(15)19(26)28/h1-8,11H,9-10H2,(H,24,25). The normalized spacial score (nSPS) is 13.9. The molecule has 2 amide bonds. The highest BCUT2D eigenvalue weighted by molar-refractivity contribution is 6.21. The SMILES string of the molecule is O=C1c2ccccc2C(=O)N1CCc1cnc(-c2ccc(C(F)(F)F)cc2)[nH]1. The van der Waals surface area contributed by atoms with Crippen molar-refractivity contribution >= 4 is 11.8 Å². The van der Waals surface area contributed by atoms with Gasteiger partial charge in [0.25, 0.3) is 11.8 Å². The molecule has 1 aliphatic heterocycles. The number of halogens is 3. The van der Waals surface area contributed by atoms with E-state index in [2.05, 4.69) is 9.97 Å². The molecule has 3 aromatic rings. The lowest BCUT2D eigenvalue weighted by Gasteiger charge is -2.12. The van der Waals surface area contributed by atoms with Crippen LogP contribution in [0, 0.1) is 0 Å². The van der Waals surface area contributed by atoms with Crippen LogP contribution in [0.5, 0.6) is 0 Å². The molecule has 1 aromatic heterocycles. The molecule has 0 saturated carbocycles. The molecule has 28 heavy (non-hydrogen) atoms. The summed E-state index contributed by atoms with van der Waals surface area (Å²) in [5, 5.41) is 0. The number of fused-ring (bicyclic) bond motifs is 1. The molecule has 0 fully saturated rings. The predicted octanol–water partition coefficient (Wildman–Crippen LogP) is 3.93. The second kappa shape index (κ2) is 6.63. The van der Waals surface area contributed by atoms with Gasteiger partial charge in [-0.15, -0.1) is 0 Å². The largest absolute Gasteiger partial charge is 0.416 e. The van der Waals surface area contributed by atoms with E-state index in [1.54, 1.807) is 30.5 Å². The second-order valence-corrected chi connectivity index (χ2v) is 6.39. The van der Waals surface area contributed by atoms with E-state index >= 15 is 0 Å². The van der Waals surface area contributed by atoms with Crippen molar-refractivity contribution in [2.75, 3.05) is 6.54 Å². The lowest BCUT2D eigenvalue weighted by atomic mass is 10.1. The van der Waals surface area contributed by atoms with Gasteiger partial charge in [0, 0.05) is 30.4 Å². The smallest absolute Gasteiger partial charge is 0.342 e. The number of hydrogen-bond donors (Lipinski definition) is 1. The minimum atomic E-state index is -4.39. The third-order valence-electron chi connectivity index (χ3n) is 4.60. The number of imidazole rings is 1. The van der Waals surface area contributed by atoms with Gasteiger partial charge in [-0.1, -0.05) is 24.3 Å². The number of H-pyrrole nitrogens is 1. The van der Waals surface area contributed by atoms with Crippen molar-refractivity contribution in [3.8, 4) is 11.4 Å². The number of benzene rings is 2. The van der Waals surface area contributed by atoms with Gasteiger partial charge in [0.2, 0.25) is 0 Å². The Balaban J connectivity index is 1.45. The maximum absolute atomic E-state index is 12.7. The summed E-state index contributed by atoms with van der Waals surface area (Å²) in [4.78, 5) is 33.1. The lowest BCUT2D eigenvalue weighted by Crippen LogP contribution is -2.31. The molecule has 0 saturated heterocycles. The molecule has 0 spiro atoms. The summed E-state index contributed by atoms with van der Waals surface area (Å²) in [6, 6.07) is 11.3. The maximum Gasteiger partial charge on any atom is 0.416 e. The van der Waals surface area contributed by atoms with Crippen LogP contribution >= 0.6 is 0 Å². The Bertz CT molecular complexity index is 1020. The number of rotatable bonds is 4. The Morgan fingerprint density at radius 1 is 0.929 bits per heavy atom. The van der Waals surface area contributed by atoms with Crippen molar-refractivity contribution in [3.05, 3.63) is 77.1 Å². The van der Waals surface area contributed by atoms with Gasteiger partial charge in [-0.2, -0.15) is 13.2 Å². The van der Waals surface area contributed by atoms with Crippen LogP contribution in [0.15, 0.2) is 54.7 Å². The summed E-state index contributed by atoms with van der Waals surface area (Å²) in [7, 11) is 0. The van der Waals surface area contributed by atoms with Crippen LogP contribution in [-0.4, -0.2) is 33.2 Å². The molecule has 8 heteroatoms. The molecule has 5 nitrogen and oxygen atoms in total. The molecule has 0 radical (unpaired) electrons. The van der Waals surface area contributed by atoms with Gasteiger partial charge in [-0.05, 0) is 24.3 Å². The number of nitrogens with one attached hydrogen (secondary N) is 1. The van der Waals surface area contributed by atoms with E-state index in [9.17, 15) is 22.8 Å². The van der Waals surface area contributed by atoms with Gasteiger partial charge in [0.15, 0.2) is 0 Å². The zero-order valence-electron chi connectivity index (χ0n) is 14.5. The van der Waals surface area contributed by atoms with Crippen LogP contribution in [0.1, 0.15) is 32.0 Å². The van der Waals surface area contributed by atoms with Crippen molar-refractivity contribution in [1.82, 2.24) is 14.9 Å². The average Bonchev–Trinajstić information content (AvgIpc) is 3.24. The highest BCUT2D eigenvalue weighted by Gasteiger charge is 2.34. The van der Waals surface area contributed by atoms with E-state index in [1.807, 2.05) is 0 Å². The number of imide groups is 1. The highest BCUT2D eigenvalue weighted by atomic mass is 19.4. The summed E-state index contributed by atoms with van der Waals surface area (Å²) in [6.45, 7) is 0.182. The fraction of sp³-hybridized carbons (Fsp3) is 0.150. The number of hydrogen-bond acceptors (Lipinski definition) is 3. The summed E-state index contributed by atoms with van der Waals surface area (Å²) >= 11 is 0. The maximum atomic E-state index is 12.7. The Morgan fingerprint density at radius 2 is 1.54 bits per heavy atom. The number of carbonyl (C=O) groups excluding carboxylic acids is 2. The quantitative estimate of drug-likeness (QED) is 0.692. The fourth-order valence-electron chi connectivity index (χ4n) is 3.12. The first-order chi connectivity index (χ1) is 13.3. The molecule has 0 aliphatic carbocycles. The van der Waals surface area contributed by atoms with Crippen molar-refractivity contribution in [3.63, 3.8) is 0 Å². The Labute approximate surface area is 157 Å². The van der Waals surface area contributed by atoms with Gasteiger partial charge in [-0.25, -0.2) is 4.98 Å². The molecule has 0 bridgehead atoms. The summed E-state index contributed by atoms with van der Waals surface area (Å²) in [5.41, 5.74) is 1.24. The number of carbonyl (C=O) groups is 2. The lowest BCUT2D eigenvalue weighted by molar-refractivity contribution is -0.137. The molecule has 4 rings (SSSR count). The minimum Gasteiger partial charge on any atom is -0.342 e. The van der Waals surface area contributed by atoms with E-state index in [1.165, 1.54) is 17.0 Å². The zero-order valence-corrected chi connectivity index (χ0v) is 14.5. The zero-order chi connectivity index (χ0) is 19.9. The first kappa shape index (κ1) is 18.0. The average molecular weight is 385 g/mol. The molecule has 2 aromatic carbocycles. The molecule has 2 heterocycles. The molecule has 0 unspecified atom stereocenters. The van der Waals surface area contributed by atoms with E-state index in [4.69, 9.17) is 0 Å². The van der Waals surface area contributed by atoms with Crippen molar-refractivity contribution < 1.29 is 22.8 Å². The van der Waals surface area contributed by atoms with Crippen LogP contribution in [0.4, 0.5) is 13.2 Å². The van der Waals surface area contributed by atoms with Crippen LogP contribution in [0.2, 0.25) is 0 Å². The molecule has 1 aliphatic rings. The first-order valence-electron chi connectivity index (χ1n) is 8.51. The van der Waals surface area contributed by atoms with Crippen molar-refractivity contribution in [2.24, 2.45) is 0 Å².